The van der Waals surface area contributed by atoms with E-state index >= 15 is 0 Å². The molecule has 214 valence electrons. The van der Waals surface area contributed by atoms with Gasteiger partial charge in [-0.15, -0.1) is 23.2 Å². The Morgan fingerprint density at radius 1 is 0.905 bits per heavy atom. The fourth-order valence-corrected chi connectivity index (χ4v) is 9.28. The number of anilines is 1. The number of allylic oxidation sites excluding steroid dienone is 2. The second-order valence-electron chi connectivity index (χ2n) is 11.2. The highest BCUT2D eigenvalue weighted by molar-refractivity contribution is 14.1. The molecule has 42 heavy (non-hydrogen) atoms. The van der Waals surface area contributed by atoms with Gasteiger partial charge in [0.05, 0.1) is 23.0 Å². The topological polar surface area (TPSA) is 95.0 Å². The molecule has 0 bridgehead atoms. The van der Waals surface area contributed by atoms with Gasteiger partial charge in [0.25, 0.3) is 11.8 Å². The fraction of sp³-hybridized carbons (Fsp3) is 0.290. The van der Waals surface area contributed by atoms with Gasteiger partial charge in [0.2, 0.25) is 11.8 Å². The average molecular weight is 780 g/mol. The molecule has 3 aromatic rings. The van der Waals surface area contributed by atoms with Crippen LogP contribution in [0.25, 0.3) is 10.8 Å². The first kappa shape index (κ1) is 28.3. The standard InChI is InChI=1S/C31H22BrCl2IN2O5/c32-14-36-28(41)30(33)13-22-20(9-10-21-24(22)27(40)37(26(21)39)16-7-5-15(35)6-8-16)25(31(30,34)29(36)42)19-11-12-23(38)18-4-2-1-3-17(18)19/h1-9,11-12,21-22,24-25,38H,10,13-14H2/t21-,22+,24-,25-,30+,31-/m0/s1. The molecule has 7 rings (SSSR count). The summed E-state index contributed by atoms with van der Waals surface area (Å²) in [6.07, 6.45) is 2.11. The van der Waals surface area contributed by atoms with Crippen molar-refractivity contribution in [1.29, 1.82) is 0 Å². The lowest BCUT2D eigenvalue weighted by molar-refractivity contribution is -0.138. The number of carbonyl (C=O) groups excluding carboxylic acids is 4. The summed E-state index contributed by atoms with van der Waals surface area (Å²) in [5.41, 5.74) is 1.72. The second-order valence-corrected chi connectivity index (χ2v) is 14.2. The normalized spacial score (nSPS) is 32.2. The molecule has 3 aromatic carbocycles. The molecular formula is C31H22BrCl2IN2O5. The highest BCUT2D eigenvalue weighted by Gasteiger charge is 2.76. The first-order chi connectivity index (χ1) is 20.0. The Morgan fingerprint density at radius 3 is 2.29 bits per heavy atom. The van der Waals surface area contributed by atoms with Crippen LogP contribution in [0.3, 0.4) is 0 Å². The van der Waals surface area contributed by atoms with Crippen molar-refractivity contribution in [3.63, 3.8) is 0 Å². The molecular weight excluding hydrogens is 758 g/mol. The van der Waals surface area contributed by atoms with Crippen LogP contribution in [0, 0.1) is 21.3 Å². The van der Waals surface area contributed by atoms with E-state index in [1.807, 2.05) is 30.3 Å². The summed E-state index contributed by atoms with van der Waals surface area (Å²) >= 11 is 20.1. The Balaban J connectivity index is 1.44. The minimum absolute atomic E-state index is 0.0563. The fourth-order valence-electron chi connectivity index (χ4n) is 7.50. The van der Waals surface area contributed by atoms with Crippen LogP contribution in [0.4, 0.5) is 5.69 Å². The van der Waals surface area contributed by atoms with Crippen LogP contribution >= 0.6 is 61.7 Å². The van der Waals surface area contributed by atoms with Crippen molar-refractivity contribution in [3.05, 3.63) is 81.4 Å². The molecule has 0 spiro atoms. The molecule has 1 N–H and O–H groups in total. The van der Waals surface area contributed by atoms with Gasteiger partial charge < -0.3 is 5.11 Å². The van der Waals surface area contributed by atoms with E-state index in [1.54, 1.807) is 30.3 Å². The zero-order valence-electron chi connectivity index (χ0n) is 21.8. The Kier molecular flexibility index (Phi) is 6.59. The van der Waals surface area contributed by atoms with Gasteiger partial charge >= 0.3 is 0 Å². The number of nitrogens with zero attached hydrogens (tertiary/aromatic N) is 2. The molecule has 2 aliphatic heterocycles. The molecule has 4 amide bonds. The van der Waals surface area contributed by atoms with Crippen molar-refractivity contribution >= 4 is 102 Å². The Labute approximate surface area is 273 Å². The zero-order valence-corrected chi connectivity index (χ0v) is 27.0. The largest absolute Gasteiger partial charge is 0.507 e. The minimum Gasteiger partial charge on any atom is -0.507 e. The monoisotopic (exact) mass is 778 g/mol. The summed E-state index contributed by atoms with van der Waals surface area (Å²) in [6.45, 7) is 0. The highest BCUT2D eigenvalue weighted by atomic mass is 127. The van der Waals surface area contributed by atoms with Gasteiger partial charge in [-0.05, 0) is 82.6 Å². The van der Waals surface area contributed by atoms with E-state index in [2.05, 4.69) is 38.5 Å². The van der Waals surface area contributed by atoms with Crippen LogP contribution in [-0.2, 0) is 19.2 Å². The molecule has 2 aliphatic carbocycles. The van der Waals surface area contributed by atoms with E-state index in [1.165, 1.54) is 11.0 Å². The van der Waals surface area contributed by atoms with Crippen LogP contribution in [0.15, 0.2) is 72.3 Å². The number of amides is 4. The maximum Gasteiger partial charge on any atom is 0.254 e. The van der Waals surface area contributed by atoms with Gasteiger partial charge in [0, 0.05) is 14.9 Å². The van der Waals surface area contributed by atoms with E-state index in [-0.39, 0.29) is 35.9 Å². The Morgan fingerprint density at radius 2 is 1.60 bits per heavy atom. The summed E-state index contributed by atoms with van der Waals surface area (Å²) in [7, 11) is 0. The lowest BCUT2D eigenvalue weighted by Crippen LogP contribution is -2.60. The van der Waals surface area contributed by atoms with Crippen LogP contribution in [-0.4, -0.2) is 48.8 Å². The summed E-state index contributed by atoms with van der Waals surface area (Å²) in [4.78, 5) is 54.2. The SMILES string of the molecule is O=C1[C@H]2[C@H](CC=C3[C@H]2C[C@@]2(Cl)C(=O)N(CBr)C(=O)[C@@]2(Cl)[C@H]3c2ccc(O)c3ccccc23)C(=O)N1c1ccc(I)cc1. The van der Waals surface area contributed by atoms with Gasteiger partial charge in [-0.2, -0.15) is 0 Å². The van der Waals surface area contributed by atoms with E-state index in [0.717, 1.165) is 8.47 Å². The molecule has 3 fully saturated rings. The number of fused-ring (bicyclic) bond motifs is 5. The third kappa shape index (κ3) is 3.56. The third-order valence-electron chi connectivity index (χ3n) is 9.35. The smallest absolute Gasteiger partial charge is 0.254 e. The van der Waals surface area contributed by atoms with Crippen LogP contribution in [0.5, 0.6) is 5.75 Å². The molecule has 1 saturated carbocycles. The van der Waals surface area contributed by atoms with Gasteiger partial charge in [0.1, 0.15) is 5.75 Å². The van der Waals surface area contributed by atoms with Crippen LogP contribution < -0.4 is 4.90 Å². The summed E-state index contributed by atoms with van der Waals surface area (Å²) in [6, 6.07) is 17.6. The molecule has 6 atom stereocenters. The lowest BCUT2D eigenvalue weighted by Gasteiger charge is -2.51. The number of phenols is 1. The Hall–Kier alpha value is -2.47. The van der Waals surface area contributed by atoms with Crippen molar-refractivity contribution in [2.45, 2.75) is 28.5 Å². The van der Waals surface area contributed by atoms with E-state index < -0.39 is 45.2 Å². The van der Waals surface area contributed by atoms with E-state index in [0.29, 0.717) is 27.6 Å². The number of alkyl halides is 3. The number of hydrogen-bond acceptors (Lipinski definition) is 5. The van der Waals surface area contributed by atoms with Crippen LogP contribution in [0.2, 0.25) is 0 Å². The summed E-state index contributed by atoms with van der Waals surface area (Å²) in [5.74, 6) is -4.80. The molecule has 0 aromatic heterocycles. The number of phenolic OH excluding ortho intramolecular Hbond substituents is 1. The van der Waals surface area contributed by atoms with Crippen molar-refractivity contribution in [2.24, 2.45) is 17.8 Å². The second kappa shape index (κ2) is 9.77. The molecule has 2 saturated heterocycles. The number of halogens is 4. The number of rotatable bonds is 3. The predicted octanol–water partition coefficient (Wildman–Crippen LogP) is 6.07. The van der Waals surface area contributed by atoms with Gasteiger partial charge in [-0.1, -0.05) is 57.9 Å². The first-order valence-corrected chi connectivity index (χ1v) is 16.3. The molecule has 7 nitrogen and oxygen atoms in total. The van der Waals surface area contributed by atoms with Crippen molar-refractivity contribution in [2.75, 3.05) is 10.4 Å². The Bertz CT molecular complexity index is 1770. The van der Waals surface area contributed by atoms with Crippen molar-refractivity contribution < 1.29 is 24.3 Å². The average Bonchev–Trinajstić information content (AvgIpc) is 3.32. The van der Waals surface area contributed by atoms with Crippen molar-refractivity contribution in [1.82, 2.24) is 4.90 Å². The number of aromatic hydroxyl groups is 1. The zero-order chi connectivity index (χ0) is 29.7. The van der Waals surface area contributed by atoms with Gasteiger partial charge in [-0.3, -0.25) is 29.0 Å². The molecule has 0 radical (unpaired) electrons. The highest BCUT2D eigenvalue weighted by Crippen LogP contribution is 2.66. The van der Waals surface area contributed by atoms with Gasteiger partial charge in [0.15, 0.2) is 9.75 Å². The van der Waals surface area contributed by atoms with Gasteiger partial charge in [-0.25, -0.2) is 0 Å². The maximum absolute atomic E-state index is 14.1. The minimum atomic E-state index is -1.91. The molecule has 2 heterocycles. The van der Waals surface area contributed by atoms with Crippen LogP contribution in [0.1, 0.15) is 24.3 Å². The molecule has 0 unspecified atom stereocenters. The van der Waals surface area contributed by atoms with E-state index in [9.17, 15) is 24.3 Å². The summed E-state index contributed by atoms with van der Waals surface area (Å²) in [5, 5.41) is 11.9. The lowest BCUT2D eigenvalue weighted by atomic mass is 9.56. The predicted molar refractivity (Wildman–Crippen MR) is 171 cm³/mol. The third-order valence-corrected chi connectivity index (χ3v) is 12.0. The quantitative estimate of drug-likeness (QED) is 0.115. The number of carbonyl (C=O) groups is 4. The van der Waals surface area contributed by atoms with Crippen molar-refractivity contribution in [3.8, 4) is 5.75 Å². The number of benzene rings is 3. The number of imide groups is 2. The summed E-state index contributed by atoms with van der Waals surface area (Å²) < 4.78 is 0.969. The number of likely N-dealkylation sites (tertiary alicyclic amines) is 1. The number of hydrogen-bond donors (Lipinski definition) is 1. The molecule has 4 aliphatic rings. The maximum atomic E-state index is 14.1. The van der Waals surface area contributed by atoms with E-state index in [4.69, 9.17) is 23.2 Å². The first-order valence-electron chi connectivity index (χ1n) is 13.4. The molecule has 11 heteroatoms.